The van der Waals surface area contributed by atoms with Crippen molar-refractivity contribution in [2.75, 3.05) is 13.2 Å². The number of carbonyl (C=O) groups excluding carboxylic acids is 4. The van der Waals surface area contributed by atoms with Crippen molar-refractivity contribution < 1.29 is 81.6 Å². The highest BCUT2D eigenvalue weighted by atomic mass is 79.9. The molecule has 4 unspecified atom stereocenters. The molecule has 4 atom stereocenters. The fourth-order valence-electron chi connectivity index (χ4n) is 7.46. The lowest BCUT2D eigenvalue weighted by molar-refractivity contribution is -0.163. The van der Waals surface area contributed by atoms with E-state index in [1.54, 1.807) is 24.3 Å². The van der Waals surface area contributed by atoms with Crippen LogP contribution in [0.15, 0.2) is 87.5 Å². The van der Waals surface area contributed by atoms with E-state index in [1.807, 2.05) is 0 Å². The number of ether oxygens (including phenoxy) is 4. The molecule has 0 radical (unpaired) electrons. The Hall–Kier alpha value is -2.56. The summed E-state index contributed by atoms with van der Waals surface area (Å²) in [5, 5.41) is -9.06. The van der Waals surface area contributed by atoms with Crippen LogP contribution in [-0.4, -0.2) is 73.5 Å². The summed E-state index contributed by atoms with van der Waals surface area (Å²) < 4.78 is 141. The largest absolute Gasteiger partial charge is 0.743 e. The molecule has 2 fully saturated rings. The summed E-state index contributed by atoms with van der Waals surface area (Å²) in [7, 11) is -12.0. The fourth-order valence-corrected chi connectivity index (χ4v) is 12.7. The van der Waals surface area contributed by atoms with Crippen LogP contribution in [0.4, 0.5) is 17.6 Å². The molecule has 0 saturated heterocycles. The van der Waals surface area contributed by atoms with Crippen LogP contribution in [-0.2, 0) is 39.3 Å². The number of carbonyl (C=O) groups is 4. The predicted octanol–water partition coefficient (Wildman–Crippen LogP) is 11.0. The maximum absolute atomic E-state index is 13.4. The Bertz CT molecular complexity index is 2740. The van der Waals surface area contributed by atoms with Crippen LogP contribution < -0.4 is 9.47 Å². The lowest BCUT2D eigenvalue weighted by Gasteiger charge is -2.43. The molecule has 0 amide bonds. The van der Waals surface area contributed by atoms with Crippen LogP contribution in [0, 0.1) is 23.7 Å². The van der Waals surface area contributed by atoms with Crippen molar-refractivity contribution in [2.24, 2.45) is 23.7 Å². The number of hydrogen-bond donors (Lipinski definition) is 0. The Balaban J connectivity index is 0.000000247. The lowest BCUT2D eigenvalue weighted by Crippen LogP contribution is -2.44. The second-order valence-electron chi connectivity index (χ2n) is 14.7. The van der Waals surface area contributed by atoms with Gasteiger partial charge in [0.25, 0.3) is 0 Å². The number of hydrogen-bond acceptors (Lipinski definition) is 14. The molecule has 14 nitrogen and oxygen atoms in total. The Morgan fingerprint density at radius 3 is 1.36 bits per heavy atom. The van der Waals surface area contributed by atoms with Crippen LogP contribution in [0.1, 0.15) is 59.2 Å². The van der Waals surface area contributed by atoms with Crippen LogP contribution in [0.25, 0.3) is 10.8 Å². The van der Waals surface area contributed by atoms with Crippen molar-refractivity contribution in [3.8, 4) is 11.5 Å². The molecule has 2 aliphatic carbocycles. The number of fused-ring (bicyclic) bond motifs is 2. The molecule has 4 aromatic rings. The van der Waals surface area contributed by atoms with Gasteiger partial charge in [0, 0.05) is 8.95 Å². The topological polar surface area (TPSA) is 220 Å². The van der Waals surface area contributed by atoms with E-state index in [0.717, 1.165) is 8.95 Å². The van der Waals surface area contributed by atoms with E-state index in [1.165, 1.54) is 36.4 Å². The van der Waals surface area contributed by atoms with Crippen molar-refractivity contribution in [3.05, 3.63) is 98.6 Å². The molecule has 2 saturated carbocycles. The van der Waals surface area contributed by atoms with Crippen LogP contribution in [0.2, 0.25) is 0 Å². The van der Waals surface area contributed by atoms with Crippen molar-refractivity contribution in [1.82, 2.24) is 0 Å². The molecule has 0 spiro atoms. The van der Waals surface area contributed by atoms with Crippen molar-refractivity contribution in [3.63, 3.8) is 0 Å². The van der Waals surface area contributed by atoms with Gasteiger partial charge in [-0.3, -0.25) is 9.59 Å². The molecule has 0 N–H and O–H groups in total. The SMILES string of the molecule is O=C(OCC(F)(F)S(=O)(=O)[O-])C1CCCC2C(C(=O)Oc3c(Br)cc(Br)cc3Br)CCCC12.O=C(OCC(F)(F)S(=O)(=O)[O-])c1cccc2c(C(=O)Oc3c(Br)cc(Br)cc3Br)cccc12. The van der Waals surface area contributed by atoms with Gasteiger partial charge in [0.05, 0.1) is 40.9 Å². The quantitative estimate of drug-likeness (QED) is 0.0558. The number of benzene rings is 4. The summed E-state index contributed by atoms with van der Waals surface area (Å²) in [5.41, 5.74) is -0.149. The molecule has 26 heteroatoms. The number of esters is 4. The molecule has 0 heterocycles. The lowest BCUT2D eigenvalue weighted by atomic mass is 9.61. The van der Waals surface area contributed by atoms with Gasteiger partial charge in [-0.2, -0.15) is 17.6 Å². The van der Waals surface area contributed by atoms with Crippen LogP contribution in [0.5, 0.6) is 11.5 Å². The van der Waals surface area contributed by atoms with Gasteiger partial charge in [-0.1, -0.05) is 69.0 Å². The Labute approximate surface area is 424 Å². The van der Waals surface area contributed by atoms with Crippen molar-refractivity contribution in [2.45, 2.75) is 49.0 Å². The Morgan fingerprint density at radius 2 is 0.939 bits per heavy atom. The van der Waals surface area contributed by atoms with Gasteiger partial charge in [-0.15, -0.1) is 0 Å². The second kappa shape index (κ2) is 22.0. The maximum Gasteiger partial charge on any atom is 0.367 e. The Morgan fingerprint density at radius 1 is 0.561 bits per heavy atom. The standard InChI is InChI=1S/C20H21Br3F2O7S.C20H11Br3F2O7S/c2*21-10-7-15(22)17(16(23)8-10)32-19(27)14-6-2-3-11-12(14)4-1-5-13(11)18(26)31-9-20(24,25)33(28,29)30/h7-8,11-14H,1-6,9H2,(H,28,29,30);1-8H,9H2,(H,28,29,30)/p-2. The van der Waals surface area contributed by atoms with E-state index in [0.29, 0.717) is 62.2 Å². The highest BCUT2D eigenvalue weighted by molar-refractivity contribution is 9.12. The molecule has 6 rings (SSSR count). The average Bonchev–Trinajstić information content (AvgIpc) is 3.22. The van der Waals surface area contributed by atoms with Gasteiger partial charge in [0.2, 0.25) is 0 Å². The number of halogens is 10. The smallest absolute Gasteiger partial charge is 0.367 e. The summed E-state index contributed by atoms with van der Waals surface area (Å²) in [6, 6.07) is 15.3. The van der Waals surface area contributed by atoms with Crippen molar-refractivity contribution >= 4 is 150 Å². The van der Waals surface area contributed by atoms with Gasteiger partial charge >= 0.3 is 34.4 Å². The minimum Gasteiger partial charge on any atom is -0.743 e. The van der Waals surface area contributed by atoms with Gasteiger partial charge in [0.15, 0.2) is 44.9 Å². The number of alkyl halides is 4. The summed E-state index contributed by atoms with van der Waals surface area (Å²) in [6.07, 6.45) is 3.44. The highest BCUT2D eigenvalue weighted by Gasteiger charge is 2.48. The van der Waals surface area contributed by atoms with E-state index < -0.39 is 79.7 Å². The molecule has 0 bridgehead atoms. The monoisotopic (exact) mass is 1350 g/mol. The third-order valence-electron chi connectivity index (χ3n) is 10.5. The van der Waals surface area contributed by atoms with Crippen LogP contribution >= 0.6 is 95.6 Å². The molecular weight excluding hydrogens is 1320 g/mol. The zero-order chi connectivity index (χ0) is 49.1. The van der Waals surface area contributed by atoms with Crippen molar-refractivity contribution in [1.29, 1.82) is 0 Å². The molecule has 4 aromatic carbocycles. The summed E-state index contributed by atoms with van der Waals surface area (Å²) >= 11 is 20.0. The van der Waals surface area contributed by atoms with E-state index >= 15 is 0 Å². The second-order valence-corrected chi connectivity index (χ2v) is 22.9. The summed E-state index contributed by atoms with van der Waals surface area (Å²) in [5.74, 6) is -4.66. The van der Waals surface area contributed by atoms with Gasteiger partial charge in [-0.05, 0) is 148 Å². The minimum absolute atomic E-state index is 0.0661. The van der Waals surface area contributed by atoms with E-state index in [4.69, 9.17) is 9.47 Å². The molecule has 66 heavy (non-hydrogen) atoms. The van der Waals surface area contributed by atoms with E-state index in [2.05, 4.69) is 105 Å². The predicted molar refractivity (Wildman–Crippen MR) is 246 cm³/mol. The summed E-state index contributed by atoms with van der Waals surface area (Å²) in [6.45, 7) is -3.76. The van der Waals surface area contributed by atoms with Gasteiger partial charge in [-0.25, -0.2) is 26.4 Å². The third-order valence-corrected chi connectivity index (χ3v) is 15.4. The Kier molecular flexibility index (Phi) is 18.2. The maximum atomic E-state index is 13.4. The van der Waals surface area contributed by atoms with E-state index in [9.17, 15) is 62.7 Å². The minimum atomic E-state index is -6.01. The molecule has 0 aliphatic heterocycles. The first-order valence-corrected chi connectivity index (χ1v) is 26.5. The van der Waals surface area contributed by atoms with E-state index in [-0.39, 0.29) is 39.5 Å². The zero-order valence-electron chi connectivity index (χ0n) is 33.1. The van der Waals surface area contributed by atoms with Gasteiger partial charge in [0.1, 0.15) is 0 Å². The molecule has 0 aromatic heterocycles. The average molecular weight is 1350 g/mol. The number of rotatable bonds is 12. The highest BCUT2D eigenvalue weighted by Crippen LogP contribution is 2.48. The molecular formula is C40H30Br6F4O14S2-2. The summed E-state index contributed by atoms with van der Waals surface area (Å²) in [4.78, 5) is 50.8. The first kappa shape index (κ1) is 54.4. The molecule has 2 aliphatic rings. The zero-order valence-corrected chi connectivity index (χ0v) is 44.2. The normalized spacial score (nSPS) is 18.8. The first-order chi connectivity index (χ1) is 30.6. The van der Waals surface area contributed by atoms with Gasteiger partial charge < -0.3 is 28.1 Å². The third kappa shape index (κ3) is 13.0. The first-order valence-electron chi connectivity index (χ1n) is 18.9. The fraction of sp³-hybridized carbons (Fsp3) is 0.350. The molecule has 358 valence electrons. The van der Waals surface area contributed by atoms with Crippen LogP contribution in [0.3, 0.4) is 0 Å².